The first-order chi connectivity index (χ1) is 12.7. The quantitative estimate of drug-likeness (QED) is 0.918. The molecule has 2 amide bonds. The van der Waals surface area contributed by atoms with Gasteiger partial charge >= 0.3 is 0 Å². The predicted molar refractivity (Wildman–Crippen MR) is 99.2 cm³/mol. The maximum absolute atomic E-state index is 12.3. The van der Waals surface area contributed by atoms with Crippen LogP contribution in [0.3, 0.4) is 0 Å². The zero-order valence-electron chi connectivity index (χ0n) is 14.7. The number of amides is 2. The summed E-state index contributed by atoms with van der Waals surface area (Å²) in [6.07, 6.45) is 4.69. The third-order valence-electron chi connectivity index (χ3n) is 5.27. The summed E-state index contributed by atoms with van der Waals surface area (Å²) in [6, 6.07) is 11.4. The van der Waals surface area contributed by atoms with Crippen molar-refractivity contribution in [2.75, 3.05) is 36.4 Å². The summed E-state index contributed by atoms with van der Waals surface area (Å²) in [5, 5.41) is 2.99. The van der Waals surface area contributed by atoms with Crippen LogP contribution in [0.5, 0.6) is 0 Å². The van der Waals surface area contributed by atoms with Gasteiger partial charge in [-0.05, 0) is 49.2 Å². The van der Waals surface area contributed by atoms with E-state index < -0.39 is 0 Å². The maximum Gasteiger partial charge on any atom is 0.289 e. The molecule has 6 nitrogen and oxygen atoms in total. The number of carbonyl (C=O) groups is 2. The van der Waals surface area contributed by atoms with Crippen LogP contribution in [0.2, 0.25) is 0 Å². The summed E-state index contributed by atoms with van der Waals surface area (Å²) in [4.78, 5) is 28.4. The smallest absolute Gasteiger partial charge is 0.289 e. The van der Waals surface area contributed by atoms with Gasteiger partial charge in [-0.1, -0.05) is 6.42 Å². The number of hydrogen-bond donors (Lipinski definition) is 1. The first kappa shape index (κ1) is 16.7. The molecule has 26 heavy (non-hydrogen) atoms. The van der Waals surface area contributed by atoms with Crippen molar-refractivity contribution in [3.63, 3.8) is 0 Å². The molecule has 1 N–H and O–H groups in total. The molecule has 0 spiro atoms. The third kappa shape index (κ3) is 3.45. The van der Waals surface area contributed by atoms with Crippen molar-refractivity contribution in [3.05, 3.63) is 48.4 Å². The van der Waals surface area contributed by atoms with Crippen LogP contribution in [0.4, 0.5) is 11.4 Å². The lowest BCUT2D eigenvalue weighted by atomic mass is 9.85. The van der Waals surface area contributed by atoms with E-state index in [0.717, 1.165) is 43.7 Å². The molecule has 1 saturated carbocycles. The van der Waals surface area contributed by atoms with Crippen LogP contribution >= 0.6 is 0 Å². The Morgan fingerprint density at radius 1 is 1.00 bits per heavy atom. The number of anilines is 2. The van der Waals surface area contributed by atoms with Gasteiger partial charge in [0.1, 0.15) is 0 Å². The van der Waals surface area contributed by atoms with E-state index in [1.54, 1.807) is 12.1 Å². The van der Waals surface area contributed by atoms with Gasteiger partial charge in [0, 0.05) is 43.5 Å². The summed E-state index contributed by atoms with van der Waals surface area (Å²) < 4.78 is 5.19. The zero-order valence-corrected chi connectivity index (χ0v) is 14.7. The normalized spacial score (nSPS) is 17.7. The maximum atomic E-state index is 12.3. The Morgan fingerprint density at radius 3 is 2.31 bits per heavy atom. The van der Waals surface area contributed by atoms with E-state index in [9.17, 15) is 9.59 Å². The van der Waals surface area contributed by atoms with Crippen molar-refractivity contribution in [2.24, 2.45) is 5.92 Å². The summed E-state index contributed by atoms with van der Waals surface area (Å²) in [6.45, 7) is 2.89. The SMILES string of the molecule is O=C(Nc1ccc(N2CCN(C(=O)c3ccco3)CC2)cc1)C1CCC1. The molecule has 136 valence electrons. The van der Waals surface area contributed by atoms with Gasteiger partial charge in [-0.15, -0.1) is 0 Å². The Balaban J connectivity index is 1.31. The molecule has 1 aromatic carbocycles. The molecule has 2 aromatic rings. The minimum absolute atomic E-state index is 0.0521. The summed E-state index contributed by atoms with van der Waals surface area (Å²) >= 11 is 0. The molecule has 0 bridgehead atoms. The number of piperazine rings is 1. The number of hydrogen-bond acceptors (Lipinski definition) is 4. The fourth-order valence-corrected chi connectivity index (χ4v) is 3.39. The van der Waals surface area contributed by atoms with E-state index in [4.69, 9.17) is 4.42 Å². The standard InChI is InChI=1S/C20H23N3O3/c24-19(15-3-1-4-15)21-16-6-8-17(9-7-16)22-10-12-23(13-11-22)20(25)18-5-2-14-26-18/h2,5-9,14-15H,1,3-4,10-13H2,(H,21,24). The first-order valence-electron chi connectivity index (χ1n) is 9.19. The average Bonchev–Trinajstić information content (AvgIpc) is 3.15. The largest absolute Gasteiger partial charge is 0.459 e. The van der Waals surface area contributed by atoms with E-state index in [1.165, 1.54) is 6.26 Å². The molecular formula is C20H23N3O3. The van der Waals surface area contributed by atoms with Gasteiger partial charge in [-0.2, -0.15) is 0 Å². The van der Waals surface area contributed by atoms with Crippen LogP contribution in [-0.2, 0) is 4.79 Å². The topological polar surface area (TPSA) is 65.8 Å². The van der Waals surface area contributed by atoms with Gasteiger partial charge in [0.15, 0.2) is 5.76 Å². The van der Waals surface area contributed by atoms with Gasteiger partial charge in [-0.25, -0.2) is 0 Å². The molecule has 1 aliphatic heterocycles. The highest BCUT2D eigenvalue weighted by Crippen LogP contribution is 2.28. The Bertz CT molecular complexity index is 758. The second-order valence-corrected chi connectivity index (χ2v) is 6.92. The van der Waals surface area contributed by atoms with Crippen molar-refractivity contribution < 1.29 is 14.0 Å². The van der Waals surface area contributed by atoms with Crippen molar-refractivity contribution in [3.8, 4) is 0 Å². The van der Waals surface area contributed by atoms with Crippen LogP contribution in [0, 0.1) is 5.92 Å². The summed E-state index contributed by atoms with van der Waals surface area (Å²) in [7, 11) is 0. The minimum Gasteiger partial charge on any atom is -0.459 e. The Kier molecular flexibility index (Phi) is 4.65. The molecule has 0 radical (unpaired) electrons. The van der Waals surface area contributed by atoms with Crippen molar-refractivity contribution in [2.45, 2.75) is 19.3 Å². The number of carbonyl (C=O) groups excluding carboxylic acids is 2. The van der Waals surface area contributed by atoms with E-state index >= 15 is 0 Å². The van der Waals surface area contributed by atoms with Crippen molar-refractivity contribution >= 4 is 23.2 Å². The highest BCUT2D eigenvalue weighted by Gasteiger charge is 2.26. The van der Waals surface area contributed by atoms with Crippen LogP contribution in [0.25, 0.3) is 0 Å². The summed E-state index contributed by atoms with van der Waals surface area (Å²) in [5.74, 6) is 0.664. The molecule has 0 unspecified atom stereocenters. The third-order valence-corrected chi connectivity index (χ3v) is 5.27. The molecule has 0 atom stereocenters. The molecule has 1 aliphatic carbocycles. The van der Waals surface area contributed by atoms with Gasteiger partial charge in [0.2, 0.25) is 5.91 Å². The highest BCUT2D eigenvalue weighted by atomic mass is 16.3. The highest BCUT2D eigenvalue weighted by molar-refractivity contribution is 5.93. The lowest BCUT2D eigenvalue weighted by Gasteiger charge is -2.35. The second kappa shape index (κ2) is 7.23. The molecule has 2 heterocycles. The second-order valence-electron chi connectivity index (χ2n) is 6.92. The summed E-state index contributed by atoms with van der Waals surface area (Å²) in [5.41, 5.74) is 1.95. The van der Waals surface area contributed by atoms with E-state index in [1.807, 2.05) is 29.2 Å². The Hall–Kier alpha value is -2.76. The molecule has 1 saturated heterocycles. The van der Waals surface area contributed by atoms with Crippen molar-refractivity contribution in [1.82, 2.24) is 4.90 Å². The first-order valence-corrected chi connectivity index (χ1v) is 9.19. The molecule has 4 rings (SSSR count). The number of nitrogens with one attached hydrogen (secondary N) is 1. The van der Waals surface area contributed by atoms with Crippen LogP contribution in [-0.4, -0.2) is 42.9 Å². The predicted octanol–water partition coefficient (Wildman–Crippen LogP) is 2.98. The van der Waals surface area contributed by atoms with Gasteiger partial charge in [-0.3, -0.25) is 9.59 Å². The molecule has 6 heteroatoms. The minimum atomic E-state index is -0.0521. The molecule has 1 aromatic heterocycles. The zero-order chi connectivity index (χ0) is 17.9. The van der Waals surface area contributed by atoms with Crippen LogP contribution in [0.1, 0.15) is 29.8 Å². The van der Waals surface area contributed by atoms with E-state index in [2.05, 4.69) is 10.2 Å². The monoisotopic (exact) mass is 353 g/mol. The van der Waals surface area contributed by atoms with Crippen LogP contribution in [0.15, 0.2) is 47.1 Å². The molecule has 2 fully saturated rings. The number of nitrogens with zero attached hydrogens (tertiary/aromatic N) is 2. The number of benzene rings is 1. The number of furan rings is 1. The van der Waals surface area contributed by atoms with Gasteiger partial charge < -0.3 is 19.5 Å². The fraction of sp³-hybridized carbons (Fsp3) is 0.400. The van der Waals surface area contributed by atoms with Crippen molar-refractivity contribution in [1.29, 1.82) is 0 Å². The average molecular weight is 353 g/mol. The number of rotatable bonds is 4. The molecule has 2 aliphatic rings. The Morgan fingerprint density at radius 2 is 1.73 bits per heavy atom. The van der Waals surface area contributed by atoms with Crippen LogP contribution < -0.4 is 10.2 Å². The van der Waals surface area contributed by atoms with Gasteiger partial charge in [0.05, 0.1) is 6.26 Å². The van der Waals surface area contributed by atoms with Gasteiger partial charge in [0.25, 0.3) is 5.91 Å². The Labute approximate surface area is 152 Å². The lowest BCUT2D eigenvalue weighted by molar-refractivity contribution is -0.122. The fourth-order valence-electron chi connectivity index (χ4n) is 3.39. The molecular weight excluding hydrogens is 330 g/mol. The van der Waals surface area contributed by atoms with E-state index in [0.29, 0.717) is 18.8 Å². The van der Waals surface area contributed by atoms with E-state index in [-0.39, 0.29) is 17.7 Å². The lowest BCUT2D eigenvalue weighted by Crippen LogP contribution is -2.48.